The molecule has 9 heavy (non-hydrogen) atoms. The highest BCUT2D eigenvalue weighted by Gasteiger charge is 2.19. The minimum absolute atomic E-state index is 0. The van der Waals surface area contributed by atoms with E-state index in [1.165, 1.54) is 0 Å². The predicted molar refractivity (Wildman–Crippen MR) is 39.1 cm³/mol. The van der Waals surface area contributed by atoms with Crippen LogP contribution in [-0.2, 0) is 4.79 Å². The van der Waals surface area contributed by atoms with E-state index >= 15 is 0 Å². The molecule has 1 aliphatic rings. The van der Waals surface area contributed by atoms with Crippen LogP contribution in [0.5, 0.6) is 0 Å². The minimum Gasteiger partial charge on any atom is -0.306 e. The highest BCUT2D eigenvalue weighted by molar-refractivity contribution is 6.64. The van der Waals surface area contributed by atoms with Gasteiger partial charge in [-0.2, -0.15) is 0 Å². The van der Waals surface area contributed by atoms with Gasteiger partial charge in [-0.25, -0.2) is 0 Å². The topological polar surface area (TPSA) is 29.1 Å². The standard InChI is InChI=1S/C5H8ClNO.ClH/c6-5(8)4-2-1-3-7-4;/h4,7H,1-3H2;1H/t4-;/m0./s1. The SMILES string of the molecule is Cl.O=C(Cl)[C@@H]1CCCN1. The molecule has 54 valence electrons. The van der Waals surface area contributed by atoms with Crippen molar-refractivity contribution in [2.24, 2.45) is 0 Å². The highest BCUT2D eigenvalue weighted by atomic mass is 35.5. The van der Waals surface area contributed by atoms with Crippen molar-refractivity contribution >= 4 is 29.3 Å². The molecule has 0 unspecified atom stereocenters. The molecule has 1 rings (SSSR count). The van der Waals surface area contributed by atoms with E-state index in [-0.39, 0.29) is 23.7 Å². The van der Waals surface area contributed by atoms with Gasteiger partial charge in [0.1, 0.15) is 0 Å². The van der Waals surface area contributed by atoms with Crippen LogP contribution in [0.3, 0.4) is 0 Å². The molecule has 0 aromatic heterocycles. The largest absolute Gasteiger partial charge is 0.306 e. The van der Waals surface area contributed by atoms with Gasteiger partial charge in [-0.1, -0.05) is 0 Å². The van der Waals surface area contributed by atoms with E-state index in [1.807, 2.05) is 0 Å². The molecular weight excluding hydrogens is 161 g/mol. The molecule has 0 spiro atoms. The van der Waals surface area contributed by atoms with Crippen molar-refractivity contribution in [1.82, 2.24) is 5.32 Å². The quantitative estimate of drug-likeness (QED) is 0.593. The summed E-state index contributed by atoms with van der Waals surface area (Å²) in [7, 11) is 0. The van der Waals surface area contributed by atoms with Crippen molar-refractivity contribution in [3.63, 3.8) is 0 Å². The van der Waals surface area contributed by atoms with Gasteiger partial charge in [0.25, 0.3) is 0 Å². The Morgan fingerprint density at radius 1 is 1.67 bits per heavy atom. The molecular formula is C5H9Cl2NO. The van der Waals surface area contributed by atoms with Crippen molar-refractivity contribution in [3.05, 3.63) is 0 Å². The maximum Gasteiger partial charge on any atom is 0.238 e. The molecule has 0 bridgehead atoms. The van der Waals surface area contributed by atoms with Crippen LogP contribution < -0.4 is 5.32 Å². The Morgan fingerprint density at radius 2 is 2.33 bits per heavy atom. The number of halogens is 2. The van der Waals surface area contributed by atoms with Crippen molar-refractivity contribution in [2.75, 3.05) is 6.54 Å². The van der Waals surface area contributed by atoms with Gasteiger partial charge in [-0.05, 0) is 31.0 Å². The van der Waals surface area contributed by atoms with Crippen molar-refractivity contribution in [2.45, 2.75) is 18.9 Å². The fourth-order valence-corrected chi connectivity index (χ4v) is 1.06. The zero-order chi connectivity index (χ0) is 5.98. The minimum atomic E-state index is -0.248. The molecule has 0 aromatic carbocycles. The van der Waals surface area contributed by atoms with Crippen LogP contribution >= 0.6 is 24.0 Å². The van der Waals surface area contributed by atoms with E-state index in [4.69, 9.17) is 11.6 Å². The first-order valence-corrected chi connectivity index (χ1v) is 3.11. The number of rotatable bonds is 1. The van der Waals surface area contributed by atoms with Crippen molar-refractivity contribution < 1.29 is 4.79 Å². The smallest absolute Gasteiger partial charge is 0.238 e. The molecule has 4 heteroatoms. The number of carbonyl (C=O) groups excluding carboxylic acids is 1. The summed E-state index contributed by atoms with van der Waals surface area (Å²) in [6.07, 6.45) is 1.98. The first kappa shape index (κ1) is 9.21. The summed E-state index contributed by atoms with van der Waals surface area (Å²) < 4.78 is 0. The van der Waals surface area contributed by atoms with E-state index in [9.17, 15) is 4.79 Å². The first-order chi connectivity index (χ1) is 3.80. The van der Waals surface area contributed by atoms with Crippen LogP contribution in [-0.4, -0.2) is 17.8 Å². The summed E-state index contributed by atoms with van der Waals surface area (Å²) >= 11 is 5.18. The summed E-state index contributed by atoms with van der Waals surface area (Å²) in [6.45, 7) is 0.934. The average molecular weight is 170 g/mol. The molecule has 1 heterocycles. The normalized spacial score (nSPS) is 25.2. The molecule has 0 aromatic rings. The second-order valence-electron chi connectivity index (χ2n) is 1.95. The van der Waals surface area contributed by atoms with Crippen LogP contribution in [0, 0.1) is 0 Å². The summed E-state index contributed by atoms with van der Waals surface area (Å²) in [5, 5.41) is 2.73. The van der Waals surface area contributed by atoms with Gasteiger partial charge in [-0.3, -0.25) is 4.79 Å². The van der Waals surface area contributed by atoms with E-state index in [0.717, 1.165) is 19.4 Å². The molecule has 0 amide bonds. The molecule has 1 atom stereocenters. The molecule has 1 aliphatic heterocycles. The van der Waals surface area contributed by atoms with Gasteiger partial charge >= 0.3 is 0 Å². The molecule has 1 saturated heterocycles. The number of hydrogen-bond donors (Lipinski definition) is 1. The Kier molecular flexibility index (Phi) is 4.19. The molecule has 2 nitrogen and oxygen atoms in total. The lowest BCUT2D eigenvalue weighted by Gasteiger charge is -1.99. The third-order valence-electron chi connectivity index (χ3n) is 1.33. The highest BCUT2D eigenvalue weighted by Crippen LogP contribution is 2.06. The van der Waals surface area contributed by atoms with E-state index in [1.54, 1.807) is 0 Å². The van der Waals surface area contributed by atoms with Crippen molar-refractivity contribution in [3.8, 4) is 0 Å². The summed E-state index contributed by atoms with van der Waals surface area (Å²) in [5.74, 6) is 0. The Morgan fingerprint density at radius 3 is 2.56 bits per heavy atom. The molecule has 0 radical (unpaired) electrons. The third-order valence-corrected chi connectivity index (χ3v) is 1.60. The first-order valence-electron chi connectivity index (χ1n) is 2.73. The van der Waals surface area contributed by atoms with Gasteiger partial charge in [0.15, 0.2) is 0 Å². The van der Waals surface area contributed by atoms with Gasteiger partial charge in [0.05, 0.1) is 6.04 Å². The molecule has 0 saturated carbocycles. The molecule has 1 fully saturated rings. The predicted octanol–water partition coefficient (Wildman–Crippen LogP) is 0.926. The molecule has 1 N–H and O–H groups in total. The maximum absolute atomic E-state index is 10.3. The Balaban J connectivity index is 0.000000640. The van der Waals surface area contributed by atoms with Gasteiger partial charge in [0.2, 0.25) is 5.24 Å². The van der Waals surface area contributed by atoms with Crippen LogP contribution in [0.2, 0.25) is 0 Å². The average Bonchev–Trinajstić information content (AvgIpc) is 2.12. The Labute approximate surface area is 65.4 Å². The van der Waals surface area contributed by atoms with E-state index in [2.05, 4.69) is 5.32 Å². The van der Waals surface area contributed by atoms with Crippen LogP contribution in [0.25, 0.3) is 0 Å². The van der Waals surface area contributed by atoms with E-state index in [0.29, 0.717) is 0 Å². The van der Waals surface area contributed by atoms with Gasteiger partial charge in [0, 0.05) is 0 Å². The van der Waals surface area contributed by atoms with Crippen LogP contribution in [0.15, 0.2) is 0 Å². The lowest BCUT2D eigenvalue weighted by atomic mass is 10.2. The van der Waals surface area contributed by atoms with Crippen LogP contribution in [0.1, 0.15) is 12.8 Å². The second-order valence-corrected chi connectivity index (χ2v) is 2.33. The number of hydrogen-bond acceptors (Lipinski definition) is 2. The summed E-state index contributed by atoms with van der Waals surface area (Å²) in [4.78, 5) is 10.3. The monoisotopic (exact) mass is 169 g/mol. The van der Waals surface area contributed by atoms with Crippen LogP contribution in [0.4, 0.5) is 0 Å². The number of nitrogens with one attached hydrogen (secondary N) is 1. The van der Waals surface area contributed by atoms with E-state index < -0.39 is 0 Å². The zero-order valence-electron chi connectivity index (χ0n) is 4.89. The number of carbonyl (C=O) groups is 1. The fourth-order valence-electron chi connectivity index (χ4n) is 0.878. The second kappa shape index (κ2) is 4.09. The fraction of sp³-hybridized carbons (Fsp3) is 0.800. The molecule has 0 aliphatic carbocycles. The van der Waals surface area contributed by atoms with Gasteiger partial charge < -0.3 is 5.32 Å². The zero-order valence-corrected chi connectivity index (χ0v) is 6.47. The van der Waals surface area contributed by atoms with Gasteiger partial charge in [-0.15, -0.1) is 12.4 Å². The Hall–Kier alpha value is 0.210. The summed E-state index contributed by atoms with van der Waals surface area (Å²) in [6, 6.07) is -0.0586. The third kappa shape index (κ3) is 2.52. The lowest BCUT2D eigenvalue weighted by molar-refractivity contribution is -0.113. The maximum atomic E-state index is 10.3. The van der Waals surface area contributed by atoms with Crippen molar-refractivity contribution in [1.29, 1.82) is 0 Å². The lowest BCUT2D eigenvalue weighted by Crippen LogP contribution is -2.26. The summed E-state index contributed by atoms with van der Waals surface area (Å²) in [5.41, 5.74) is 0. The Bertz CT molecular complexity index is 101.